The van der Waals surface area contributed by atoms with E-state index in [1.165, 1.54) is 5.56 Å². The zero-order valence-electron chi connectivity index (χ0n) is 16.6. The number of hydrogen-bond acceptors (Lipinski definition) is 3. The summed E-state index contributed by atoms with van der Waals surface area (Å²) in [7, 11) is 0. The number of aliphatic hydroxyl groups excluding tert-OH is 1. The Labute approximate surface area is 168 Å². The Bertz CT molecular complexity index is 818. The van der Waals surface area contributed by atoms with Crippen LogP contribution < -0.4 is 10.1 Å². The molecule has 3 atom stereocenters. The van der Waals surface area contributed by atoms with E-state index in [0.29, 0.717) is 6.61 Å². The van der Waals surface area contributed by atoms with Gasteiger partial charge in [-0.05, 0) is 49.1 Å². The van der Waals surface area contributed by atoms with Gasteiger partial charge in [0.05, 0.1) is 6.10 Å². The third kappa shape index (κ3) is 5.95. The molecule has 0 spiro atoms. The summed E-state index contributed by atoms with van der Waals surface area (Å²) in [5, 5.41) is 14.2. The van der Waals surface area contributed by atoms with Crippen molar-refractivity contribution in [2.24, 2.45) is 0 Å². The van der Waals surface area contributed by atoms with E-state index in [4.69, 9.17) is 4.74 Å². The van der Waals surface area contributed by atoms with E-state index in [-0.39, 0.29) is 12.1 Å². The van der Waals surface area contributed by atoms with E-state index in [2.05, 4.69) is 36.5 Å². The zero-order valence-corrected chi connectivity index (χ0v) is 16.6. The van der Waals surface area contributed by atoms with Gasteiger partial charge in [-0.25, -0.2) is 0 Å². The second-order valence-electron chi connectivity index (χ2n) is 7.33. The number of hydrogen-bond donors (Lipinski definition) is 2. The minimum Gasteiger partial charge on any atom is -0.489 e. The van der Waals surface area contributed by atoms with Gasteiger partial charge in [0.1, 0.15) is 12.4 Å². The molecule has 0 aromatic heterocycles. The van der Waals surface area contributed by atoms with Crippen LogP contribution in [0, 0.1) is 0 Å². The lowest BCUT2D eigenvalue weighted by Crippen LogP contribution is -2.39. The summed E-state index contributed by atoms with van der Waals surface area (Å²) < 4.78 is 5.82. The fourth-order valence-corrected chi connectivity index (χ4v) is 3.36. The molecule has 0 aliphatic carbocycles. The minimum atomic E-state index is -0.568. The fraction of sp³-hybridized carbons (Fsp3) is 0.280. The average molecular weight is 376 g/mol. The highest BCUT2D eigenvalue weighted by Crippen LogP contribution is 2.21. The first kappa shape index (κ1) is 20.1. The van der Waals surface area contributed by atoms with Crippen molar-refractivity contribution in [3.8, 4) is 5.75 Å². The van der Waals surface area contributed by atoms with Crippen LogP contribution in [0.25, 0.3) is 0 Å². The molecule has 0 heterocycles. The molecule has 0 radical (unpaired) electrons. The molecule has 2 N–H and O–H groups in total. The molecule has 3 rings (SSSR count). The second-order valence-corrected chi connectivity index (χ2v) is 7.33. The maximum Gasteiger partial charge on any atom is 0.119 e. The molecule has 0 bridgehead atoms. The predicted octanol–water partition coefficient (Wildman–Crippen LogP) is 4.91. The summed E-state index contributed by atoms with van der Waals surface area (Å²) in [5.41, 5.74) is 3.32. The number of ether oxygens (including phenoxy) is 1. The molecular weight excluding hydrogens is 346 g/mol. The van der Waals surface area contributed by atoms with Crippen molar-refractivity contribution in [1.29, 1.82) is 0 Å². The summed E-state index contributed by atoms with van der Waals surface area (Å²) in [6.07, 6.45) is 0.367. The van der Waals surface area contributed by atoms with E-state index >= 15 is 0 Å². The summed E-state index contributed by atoms with van der Waals surface area (Å²) in [5.74, 6) is 0.804. The predicted molar refractivity (Wildman–Crippen MR) is 114 cm³/mol. The van der Waals surface area contributed by atoms with Gasteiger partial charge < -0.3 is 15.2 Å². The maximum absolute atomic E-state index is 10.7. The molecule has 0 fully saturated rings. The summed E-state index contributed by atoms with van der Waals surface area (Å²) >= 11 is 0. The topological polar surface area (TPSA) is 41.5 Å². The van der Waals surface area contributed by atoms with Gasteiger partial charge in [0.25, 0.3) is 0 Å². The Morgan fingerprint density at radius 3 is 1.96 bits per heavy atom. The van der Waals surface area contributed by atoms with Crippen LogP contribution in [0.5, 0.6) is 5.75 Å². The van der Waals surface area contributed by atoms with Crippen LogP contribution >= 0.6 is 0 Å². The Morgan fingerprint density at radius 2 is 1.36 bits per heavy atom. The third-order valence-electron chi connectivity index (χ3n) is 4.88. The molecule has 0 unspecified atom stereocenters. The lowest BCUT2D eigenvalue weighted by Gasteiger charge is -2.25. The molecule has 0 aliphatic heterocycles. The van der Waals surface area contributed by atoms with Crippen molar-refractivity contribution in [2.45, 2.75) is 45.1 Å². The number of nitrogens with one attached hydrogen (secondary N) is 1. The first-order valence-electron chi connectivity index (χ1n) is 9.86. The molecule has 28 heavy (non-hydrogen) atoms. The number of rotatable bonds is 9. The molecule has 146 valence electrons. The van der Waals surface area contributed by atoms with Gasteiger partial charge in [-0.2, -0.15) is 0 Å². The zero-order chi connectivity index (χ0) is 19.8. The van der Waals surface area contributed by atoms with Crippen LogP contribution in [0.4, 0.5) is 0 Å². The second kappa shape index (κ2) is 10.1. The maximum atomic E-state index is 10.7. The van der Waals surface area contributed by atoms with Gasteiger partial charge in [-0.1, -0.05) is 72.8 Å². The van der Waals surface area contributed by atoms with E-state index < -0.39 is 6.10 Å². The monoisotopic (exact) mass is 375 g/mol. The van der Waals surface area contributed by atoms with Gasteiger partial charge in [0.2, 0.25) is 0 Å². The van der Waals surface area contributed by atoms with E-state index in [0.717, 1.165) is 23.3 Å². The van der Waals surface area contributed by atoms with E-state index in [1.807, 2.05) is 67.6 Å². The first-order valence-corrected chi connectivity index (χ1v) is 9.86. The molecular formula is C25H29NO2. The molecule has 3 aromatic carbocycles. The van der Waals surface area contributed by atoms with Crippen LogP contribution in [-0.4, -0.2) is 17.2 Å². The van der Waals surface area contributed by atoms with Crippen molar-refractivity contribution < 1.29 is 9.84 Å². The molecule has 3 heteroatoms. The first-order chi connectivity index (χ1) is 13.6. The van der Waals surface area contributed by atoms with Crippen LogP contribution in [0.15, 0.2) is 84.9 Å². The van der Waals surface area contributed by atoms with Gasteiger partial charge in [-0.3, -0.25) is 0 Å². The third-order valence-corrected chi connectivity index (χ3v) is 4.88. The Kier molecular flexibility index (Phi) is 7.24. The smallest absolute Gasteiger partial charge is 0.119 e. The lowest BCUT2D eigenvalue weighted by atomic mass is 10.0. The number of aliphatic hydroxyl groups is 1. The minimum absolute atomic E-state index is 0.0465. The molecule has 0 aliphatic rings. The van der Waals surface area contributed by atoms with Gasteiger partial charge in [-0.15, -0.1) is 0 Å². The SMILES string of the molecule is C[C@H](Cc1ccccc1)N[C@H](C)[C@@H](O)c1ccc(OCc2ccccc2)cc1. The molecule has 0 saturated carbocycles. The molecule has 0 amide bonds. The fourth-order valence-electron chi connectivity index (χ4n) is 3.36. The largest absolute Gasteiger partial charge is 0.489 e. The Hall–Kier alpha value is -2.62. The normalized spacial score (nSPS) is 14.2. The Balaban J connectivity index is 1.50. The van der Waals surface area contributed by atoms with Gasteiger partial charge in [0, 0.05) is 12.1 Å². The van der Waals surface area contributed by atoms with Gasteiger partial charge >= 0.3 is 0 Å². The van der Waals surface area contributed by atoms with Crippen LogP contribution in [0.3, 0.4) is 0 Å². The van der Waals surface area contributed by atoms with Crippen molar-refractivity contribution in [3.63, 3.8) is 0 Å². The summed E-state index contributed by atoms with van der Waals surface area (Å²) in [6.45, 7) is 4.71. The van der Waals surface area contributed by atoms with Gasteiger partial charge in [0.15, 0.2) is 0 Å². The highest BCUT2D eigenvalue weighted by Gasteiger charge is 2.18. The van der Waals surface area contributed by atoms with Crippen LogP contribution in [-0.2, 0) is 13.0 Å². The molecule has 0 saturated heterocycles. The number of benzene rings is 3. The highest BCUT2D eigenvalue weighted by molar-refractivity contribution is 5.29. The van der Waals surface area contributed by atoms with Crippen molar-refractivity contribution in [1.82, 2.24) is 5.32 Å². The Morgan fingerprint density at radius 1 is 0.786 bits per heavy atom. The van der Waals surface area contributed by atoms with Crippen LogP contribution in [0.1, 0.15) is 36.6 Å². The standard InChI is InChI=1S/C25H29NO2/c1-19(17-21-9-5-3-6-10-21)26-20(2)25(27)23-13-15-24(16-14-23)28-18-22-11-7-4-8-12-22/h3-16,19-20,25-27H,17-18H2,1-2H3/t19-,20-,25-/m1/s1. The van der Waals surface area contributed by atoms with Crippen molar-refractivity contribution in [2.75, 3.05) is 0 Å². The van der Waals surface area contributed by atoms with Crippen LogP contribution in [0.2, 0.25) is 0 Å². The summed E-state index contributed by atoms with van der Waals surface area (Å²) in [4.78, 5) is 0. The highest BCUT2D eigenvalue weighted by atomic mass is 16.5. The van der Waals surface area contributed by atoms with E-state index in [9.17, 15) is 5.11 Å². The quantitative estimate of drug-likeness (QED) is 0.558. The average Bonchev–Trinajstić information content (AvgIpc) is 2.73. The summed E-state index contributed by atoms with van der Waals surface area (Å²) in [6, 6.07) is 28.4. The lowest BCUT2D eigenvalue weighted by molar-refractivity contribution is 0.130. The van der Waals surface area contributed by atoms with Crippen molar-refractivity contribution >= 4 is 0 Å². The van der Waals surface area contributed by atoms with Crippen molar-refractivity contribution in [3.05, 3.63) is 102 Å². The molecule has 3 nitrogen and oxygen atoms in total. The van der Waals surface area contributed by atoms with E-state index in [1.54, 1.807) is 0 Å². The molecule has 3 aromatic rings.